The molecule has 1 heterocycles. The lowest BCUT2D eigenvalue weighted by molar-refractivity contribution is 0.511. The molecule has 0 aliphatic carbocycles. The van der Waals surface area contributed by atoms with Gasteiger partial charge in [-0.2, -0.15) is 4.98 Å². The zero-order valence-corrected chi connectivity index (χ0v) is 9.96. The minimum absolute atomic E-state index is 0.0406. The minimum Gasteiger partial charge on any atom is -0.357 e. The quantitative estimate of drug-likeness (QED) is 0.879. The van der Waals surface area contributed by atoms with Crippen molar-refractivity contribution in [3.8, 4) is 0 Å². The number of nitrogens with zero attached hydrogens (tertiary/aromatic N) is 2. The molecular formula is C12H12F2N4. The van der Waals surface area contributed by atoms with E-state index < -0.39 is 11.6 Å². The Hall–Kier alpha value is -2.24. The molecular weight excluding hydrogens is 238 g/mol. The second kappa shape index (κ2) is 4.95. The second-order valence-electron chi connectivity index (χ2n) is 3.70. The Morgan fingerprint density at radius 3 is 2.72 bits per heavy atom. The van der Waals surface area contributed by atoms with Gasteiger partial charge in [0, 0.05) is 18.8 Å². The summed E-state index contributed by atoms with van der Waals surface area (Å²) in [4.78, 5) is 8.14. The van der Waals surface area contributed by atoms with Crippen LogP contribution in [-0.4, -0.2) is 17.0 Å². The van der Waals surface area contributed by atoms with Crippen molar-refractivity contribution in [2.24, 2.45) is 0 Å². The van der Waals surface area contributed by atoms with E-state index in [4.69, 9.17) is 0 Å². The molecule has 0 saturated heterocycles. The van der Waals surface area contributed by atoms with Crippen LogP contribution in [0.15, 0.2) is 24.4 Å². The van der Waals surface area contributed by atoms with E-state index in [2.05, 4.69) is 20.6 Å². The van der Waals surface area contributed by atoms with Gasteiger partial charge in [0.15, 0.2) is 11.6 Å². The van der Waals surface area contributed by atoms with Gasteiger partial charge in [-0.05, 0) is 19.1 Å². The number of halogens is 2. The third-order valence-electron chi connectivity index (χ3n) is 2.40. The minimum atomic E-state index is -0.929. The first-order valence-corrected chi connectivity index (χ1v) is 5.34. The van der Waals surface area contributed by atoms with Crippen molar-refractivity contribution in [3.63, 3.8) is 0 Å². The van der Waals surface area contributed by atoms with Crippen molar-refractivity contribution in [1.29, 1.82) is 0 Å². The van der Waals surface area contributed by atoms with E-state index >= 15 is 0 Å². The first kappa shape index (κ1) is 12.2. The summed E-state index contributed by atoms with van der Waals surface area (Å²) in [6.07, 6.45) is 1.60. The van der Waals surface area contributed by atoms with Crippen LogP contribution in [0.1, 0.15) is 5.56 Å². The van der Waals surface area contributed by atoms with Crippen LogP contribution in [0.2, 0.25) is 0 Å². The summed E-state index contributed by atoms with van der Waals surface area (Å²) in [6.45, 7) is 1.78. The Kier molecular flexibility index (Phi) is 3.36. The molecule has 0 unspecified atom stereocenters. The van der Waals surface area contributed by atoms with Crippen molar-refractivity contribution in [2.45, 2.75) is 6.92 Å². The third kappa shape index (κ3) is 2.37. The van der Waals surface area contributed by atoms with Gasteiger partial charge in [-0.3, -0.25) is 0 Å². The van der Waals surface area contributed by atoms with Gasteiger partial charge in [-0.1, -0.05) is 6.07 Å². The van der Waals surface area contributed by atoms with Crippen LogP contribution in [0.3, 0.4) is 0 Å². The number of aromatic nitrogens is 2. The van der Waals surface area contributed by atoms with Crippen LogP contribution in [0.5, 0.6) is 0 Å². The van der Waals surface area contributed by atoms with Gasteiger partial charge < -0.3 is 10.6 Å². The molecule has 4 nitrogen and oxygen atoms in total. The fourth-order valence-electron chi connectivity index (χ4n) is 1.42. The summed E-state index contributed by atoms with van der Waals surface area (Å²) < 4.78 is 26.6. The van der Waals surface area contributed by atoms with E-state index in [1.165, 1.54) is 12.1 Å². The summed E-state index contributed by atoms with van der Waals surface area (Å²) in [5.74, 6) is -0.999. The van der Waals surface area contributed by atoms with Crippen LogP contribution in [0.25, 0.3) is 0 Å². The van der Waals surface area contributed by atoms with Crippen LogP contribution in [0.4, 0.5) is 26.2 Å². The van der Waals surface area contributed by atoms with E-state index in [1.807, 2.05) is 0 Å². The zero-order valence-electron chi connectivity index (χ0n) is 9.96. The van der Waals surface area contributed by atoms with Crippen LogP contribution < -0.4 is 10.6 Å². The molecule has 2 aromatic rings. The fraction of sp³-hybridized carbons (Fsp3) is 0.167. The molecule has 0 aliphatic rings. The summed E-state index contributed by atoms with van der Waals surface area (Å²) in [6, 6.07) is 3.93. The van der Waals surface area contributed by atoms with Crippen molar-refractivity contribution in [1.82, 2.24) is 9.97 Å². The lowest BCUT2D eigenvalue weighted by Crippen LogP contribution is -2.04. The Morgan fingerprint density at radius 1 is 1.22 bits per heavy atom. The van der Waals surface area contributed by atoms with Crippen molar-refractivity contribution < 1.29 is 8.78 Å². The number of anilines is 3. The van der Waals surface area contributed by atoms with Gasteiger partial charge in [-0.15, -0.1) is 0 Å². The molecule has 0 aliphatic heterocycles. The Balaban J connectivity index is 2.36. The van der Waals surface area contributed by atoms with Gasteiger partial charge in [0.2, 0.25) is 5.95 Å². The summed E-state index contributed by atoms with van der Waals surface area (Å²) in [5, 5.41) is 5.53. The Morgan fingerprint density at radius 2 is 2.00 bits per heavy atom. The summed E-state index contributed by atoms with van der Waals surface area (Å²) in [5.41, 5.74) is 0.775. The van der Waals surface area contributed by atoms with E-state index in [0.29, 0.717) is 11.8 Å². The molecule has 0 fully saturated rings. The van der Waals surface area contributed by atoms with Crippen LogP contribution in [-0.2, 0) is 0 Å². The highest BCUT2D eigenvalue weighted by Crippen LogP contribution is 2.22. The lowest BCUT2D eigenvalue weighted by Gasteiger charge is -2.10. The maximum absolute atomic E-state index is 13.5. The normalized spacial score (nSPS) is 10.2. The highest BCUT2D eigenvalue weighted by atomic mass is 19.2. The fourth-order valence-corrected chi connectivity index (χ4v) is 1.42. The number of nitrogens with one attached hydrogen (secondary N) is 2. The molecule has 1 aromatic heterocycles. The first-order chi connectivity index (χ1) is 8.61. The monoisotopic (exact) mass is 250 g/mol. The Labute approximate surface area is 103 Å². The second-order valence-corrected chi connectivity index (χ2v) is 3.70. The molecule has 0 radical (unpaired) electrons. The van der Waals surface area contributed by atoms with Gasteiger partial charge >= 0.3 is 0 Å². The average Bonchev–Trinajstić information content (AvgIpc) is 2.37. The van der Waals surface area contributed by atoms with Crippen LogP contribution in [0, 0.1) is 18.6 Å². The van der Waals surface area contributed by atoms with E-state index in [0.717, 1.165) is 11.6 Å². The summed E-state index contributed by atoms with van der Waals surface area (Å²) >= 11 is 0. The lowest BCUT2D eigenvalue weighted by atomic mass is 10.2. The van der Waals surface area contributed by atoms with Gasteiger partial charge in [0.1, 0.15) is 5.82 Å². The number of aryl methyl sites for hydroxylation is 1. The molecule has 0 amide bonds. The molecule has 1 aromatic carbocycles. The molecule has 6 heteroatoms. The highest BCUT2D eigenvalue weighted by molar-refractivity contribution is 5.60. The van der Waals surface area contributed by atoms with E-state index in [1.54, 1.807) is 20.2 Å². The third-order valence-corrected chi connectivity index (χ3v) is 2.40. The molecule has 2 N–H and O–H groups in total. The highest BCUT2D eigenvalue weighted by Gasteiger charge is 2.10. The standard InChI is InChI=1S/C12H12F2N4/c1-7-6-16-12(15-2)18-11(7)17-9-5-3-4-8(13)10(9)14/h3-6H,1-2H3,(H2,15,16,17,18). The average molecular weight is 250 g/mol. The molecule has 0 spiro atoms. The van der Waals surface area contributed by atoms with Gasteiger partial charge in [0.25, 0.3) is 0 Å². The first-order valence-electron chi connectivity index (χ1n) is 5.34. The predicted octanol–water partition coefficient (Wildman–Crippen LogP) is 2.85. The largest absolute Gasteiger partial charge is 0.357 e. The van der Waals surface area contributed by atoms with Gasteiger partial charge in [-0.25, -0.2) is 13.8 Å². The van der Waals surface area contributed by atoms with Crippen LogP contribution >= 0.6 is 0 Å². The van der Waals surface area contributed by atoms with E-state index in [9.17, 15) is 8.78 Å². The smallest absolute Gasteiger partial charge is 0.224 e. The van der Waals surface area contributed by atoms with Crippen molar-refractivity contribution in [2.75, 3.05) is 17.7 Å². The molecule has 0 saturated carbocycles. The molecule has 2 rings (SSSR count). The maximum Gasteiger partial charge on any atom is 0.224 e. The number of hydrogen-bond donors (Lipinski definition) is 2. The maximum atomic E-state index is 13.5. The number of hydrogen-bond acceptors (Lipinski definition) is 4. The number of benzene rings is 1. The zero-order chi connectivity index (χ0) is 13.1. The molecule has 0 atom stereocenters. The van der Waals surface area contributed by atoms with Gasteiger partial charge in [0.05, 0.1) is 5.69 Å². The SMILES string of the molecule is CNc1ncc(C)c(Nc2cccc(F)c2F)n1. The number of rotatable bonds is 3. The molecule has 94 valence electrons. The molecule has 0 bridgehead atoms. The molecule has 18 heavy (non-hydrogen) atoms. The Bertz CT molecular complexity index is 572. The van der Waals surface area contributed by atoms with Crippen molar-refractivity contribution in [3.05, 3.63) is 41.6 Å². The van der Waals surface area contributed by atoms with E-state index in [-0.39, 0.29) is 5.69 Å². The van der Waals surface area contributed by atoms with Crippen molar-refractivity contribution >= 4 is 17.5 Å². The summed E-state index contributed by atoms with van der Waals surface area (Å²) in [7, 11) is 1.68. The topological polar surface area (TPSA) is 49.8 Å². The predicted molar refractivity (Wildman–Crippen MR) is 66.0 cm³/mol.